The van der Waals surface area contributed by atoms with E-state index in [0.29, 0.717) is 6.04 Å². The molecule has 1 atom stereocenters. The highest BCUT2D eigenvalue weighted by atomic mass is 15.3. The normalized spacial score (nSPS) is 16.9. The van der Waals surface area contributed by atoms with Gasteiger partial charge in [-0.05, 0) is 31.9 Å². The van der Waals surface area contributed by atoms with Gasteiger partial charge in [0.25, 0.3) is 0 Å². The van der Waals surface area contributed by atoms with Crippen LogP contribution < -0.4 is 10.2 Å². The van der Waals surface area contributed by atoms with Crippen LogP contribution in [0.25, 0.3) is 0 Å². The molecule has 0 amide bonds. The lowest BCUT2D eigenvalue weighted by Crippen LogP contribution is -2.40. The molecule has 1 N–H and O–H groups in total. The summed E-state index contributed by atoms with van der Waals surface area (Å²) in [5.41, 5.74) is 2.50. The van der Waals surface area contributed by atoms with E-state index in [9.17, 15) is 0 Å². The Morgan fingerprint density at radius 1 is 1.60 bits per heavy atom. The summed E-state index contributed by atoms with van der Waals surface area (Å²) in [4.78, 5) is 6.90. The lowest BCUT2D eigenvalue weighted by atomic mass is 10.1. The van der Waals surface area contributed by atoms with Crippen LogP contribution in [0.4, 0.5) is 11.5 Å². The smallest absolute Gasteiger partial charge is 0.152 e. The fourth-order valence-corrected chi connectivity index (χ4v) is 2.04. The number of nitrogens with one attached hydrogen (secondary N) is 1. The summed E-state index contributed by atoms with van der Waals surface area (Å²) >= 11 is 0. The van der Waals surface area contributed by atoms with Gasteiger partial charge in [0.2, 0.25) is 0 Å². The molecule has 82 valence electrons. The number of fused-ring (bicyclic) bond motifs is 1. The highest BCUT2D eigenvalue weighted by Gasteiger charge is 2.22. The van der Waals surface area contributed by atoms with E-state index in [0.717, 1.165) is 25.3 Å². The van der Waals surface area contributed by atoms with E-state index in [1.165, 1.54) is 11.3 Å². The molecular weight excluding hydrogens is 186 g/mol. The molecule has 0 aliphatic carbocycles. The van der Waals surface area contributed by atoms with Crippen LogP contribution >= 0.6 is 0 Å². The van der Waals surface area contributed by atoms with Gasteiger partial charge in [0, 0.05) is 25.3 Å². The van der Waals surface area contributed by atoms with Crippen LogP contribution in [0.2, 0.25) is 0 Å². The molecule has 0 radical (unpaired) electrons. The molecule has 1 unspecified atom stereocenters. The summed E-state index contributed by atoms with van der Waals surface area (Å²) in [5, 5.41) is 3.44. The largest absolute Gasteiger partial charge is 0.380 e. The third kappa shape index (κ3) is 1.78. The average Bonchev–Trinajstić information content (AvgIpc) is 2.28. The van der Waals surface area contributed by atoms with E-state index in [2.05, 4.69) is 42.0 Å². The number of anilines is 2. The molecule has 3 nitrogen and oxygen atoms in total. The summed E-state index contributed by atoms with van der Waals surface area (Å²) in [6.45, 7) is 8.69. The van der Waals surface area contributed by atoms with Crippen molar-refractivity contribution >= 4 is 11.5 Å². The van der Waals surface area contributed by atoms with Gasteiger partial charge in [0.05, 0.1) is 5.69 Å². The van der Waals surface area contributed by atoms with E-state index >= 15 is 0 Å². The summed E-state index contributed by atoms with van der Waals surface area (Å²) < 4.78 is 0. The van der Waals surface area contributed by atoms with Gasteiger partial charge in [-0.3, -0.25) is 0 Å². The van der Waals surface area contributed by atoms with Gasteiger partial charge in [0.1, 0.15) is 0 Å². The van der Waals surface area contributed by atoms with Crippen molar-refractivity contribution in [2.24, 2.45) is 0 Å². The van der Waals surface area contributed by atoms with Crippen molar-refractivity contribution in [1.29, 1.82) is 0 Å². The third-order valence-corrected chi connectivity index (χ3v) is 3.19. The second kappa shape index (κ2) is 4.09. The van der Waals surface area contributed by atoms with Crippen LogP contribution in [-0.4, -0.2) is 24.1 Å². The quantitative estimate of drug-likeness (QED) is 0.803. The molecule has 0 bridgehead atoms. The lowest BCUT2D eigenvalue weighted by Gasteiger charge is -2.35. The fourth-order valence-electron chi connectivity index (χ4n) is 2.04. The molecule has 0 fully saturated rings. The van der Waals surface area contributed by atoms with Crippen LogP contribution in [0.15, 0.2) is 12.3 Å². The Balaban J connectivity index is 2.38. The molecule has 1 aromatic heterocycles. The number of pyridine rings is 1. The van der Waals surface area contributed by atoms with Crippen molar-refractivity contribution in [3.8, 4) is 0 Å². The van der Waals surface area contributed by atoms with E-state index in [1.807, 2.05) is 6.20 Å². The molecule has 0 saturated heterocycles. The summed E-state index contributed by atoms with van der Waals surface area (Å²) in [6, 6.07) is 2.63. The minimum Gasteiger partial charge on any atom is -0.380 e. The molecule has 3 heteroatoms. The minimum atomic E-state index is 0.570. The highest BCUT2D eigenvalue weighted by Crippen LogP contribution is 2.30. The molecule has 0 aromatic carbocycles. The topological polar surface area (TPSA) is 28.2 Å². The van der Waals surface area contributed by atoms with Crippen molar-refractivity contribution in [2.45, 2.75) is 33.2 Å². The van der Waals surface area contributed by atoms with Gasteiger partial charge in [0.15, 0.2) is 5.82 Å². The predicted molar refractivity (Wildman–Crippen MR) is 64.6 cm³/mol. The zero-order valence-electron chi connectivity index (χ0n) is 9.75. The molecule has 0 saturated carbocycles. The SMILES string of the molecule is CCC(C)N1CCNc2c(C)ccnc21. The maximum absolute atomic E-state index is 4.49. The first-order valence-corrected chi connectivity index (χ1v) is 5.70. The second-order valence-electron chi connectivity index (χ2n) is 4.20. The van der Waals surface area contributed by atoms with E-state index in [1.54, 1.807) is 0 Å². The van der Waals surface area contributed by atoms with Gasteiger partial charge in [-0.1, -0.05) is 6.92 Å². The lowest BCUT2D eigenvalue weighted by molar-refractivity contribution is 0.608. The highest BCUT2D eigenvalue weighted by molar-refractivity contribution is 5.71. The Morgan fingerprint density at radius 2 is 2.40 bits per heavy atom. The third-order valence-electron chi connectivity index (χ3n) is 3.19. The first-order valence-electron chi connectivity index (χ1n) is 5.70. The van der Waals surface area contributed by atoms with Gasteiger partial charge in [-0.25, -0.2) is 4.98 Å². The Hall–Kier alpha value is -1.25. The number of aromatic nitrogens is 1. The molecule has 1 aromatic rings. The van der Waals surface area contributed by atoms with E-state index < -0.39 is 0 Å². The predicted octanol–water partition coefficient (Wildman–Crippen LogP) is 2.42. The maximum Gasteiger partial charge on any atom is 0.152 e. The summed E-state index contributed by atoms with van der Waals surface area (Å²) in [7, 11) is 0. The van der Waals surface area contributed by atoms with Crippen LogP contribution in [0.3, 0.4) is 0 Å². The Bertz CT molecular complexity index is 349. The number of rotatable bonds is 2. The fraction of sp³-hybridized carbons (Fsp3) is 0.583. The van der Waals surface area contributed by atoms with Crippen molar-refractivity contribution in [3.05, 3.63) is 17.8 Å². The Morgan fingerprint density at radius 3 is 3.13 bits per heavy atom. The summed E-state index contributed by atoms with van der Waals surface area (Å²) in [5.74, 6) is 1.12. The number of nitrogens with zero attached hydrogens (tertiary/aromatic N) is 2. The van der Waals surface area contributed by atoms with Gasteiger partial charge in [-0.2, -0.15) is 0 Å². The van der Waals surface area contributed by atoms with Gasteiger partial charge >= 0.3 is 0 Å². The van der Waals surface area contributed by atoms with Crippen molar-refractivity contribution in [1.82, 2.24) is 4.98 Å². The molecular formula is C12H19N3. The first-order chi connectivity index (χ1) is 7.24. The molecule has 2 heterocycles. The first kappa shape index (κ1) is 10.3. The maximum atomic E-state index is 4.49. The van der Waals surface area contributed by atoms with Gasteiger partial charge in [-0.15, -0.1) is 0 Å². The van der Waals surface area contributed by atoms with Crippen molar-refractivity contribution in [2.75, 3.05) is 23.3 Å². The van der Waals surface area contributed by atoms with Crippen LogP contribution in [0.1, 0.15) is 25.8 Å². The zero-order valence-corrected chi connectivity index (χ0v) is 9.75. The Kier molecular flexibility index (Phi) is 2.80. The number of hydrogen-bond acceptors (Lipinski definition) is 3. The van der Waals surface area contributed by atoms with Crippen LogP contribution in [0, 0.1) is 6.92 Å². The summed E-state index contributed by atoms with van der Waals surface area (Å²) in [6.07, 6.45) is 3.06. The molecule has 15 heavy (non-hydrogen) atoms. The molecule has 1 aliphatic heterocycles. The monoisotopic (exact) mass is 205 g/mol. The molecule has 1 aliphatic rings. The van der Waals surface area contributed by atoms with E-state index in [4.69, 9.17) is 0 Å². The average molecular weight is 205 g/mol. The number of aryl methyl sites for hydroxylation is 1. The molecule has 0 spiro atoms. The van der Waals surface area contributed by atoms with Crippen molar-refractivity contribution < 1.29 is 0 Å². The van der Waals surface area contributed by atoms with Crippen LogP contribution in [-0.2, 0) is 0 Å². The Labute approximate surface area is 91.5 Å². The second-order valence-corrected chi connectivity index (χ2v) is 4.20. The van der Waals surface area contributed by atoms with Gasteiger partial charge < -0.3 is 10.2 Å². The number of hydrogen-bond donors (Lipinski definition) is 1. The molecule has 2 rings (SSSR count). The minimum absolute atomic E-state index is 0.570. The van der Waals surface area contributed by atoms with E-state index in [-0.39, 0.29) is 0 Å². The van der Waals surface area contributed by atoms with Crippen LogP contribution in [0.5, 0.6) is 0 Å². The van der Waals surface area contributed by atoms with Crippen molar-refractivity contribution in [3.63, 3.8) is 0 Å². The zero-order chi connectivity index (χ0) is 10.8. The standard InChI is InChI=1S/C12H19N3/c1-4-10(3)15-8-7-13-11-9(2)5-6-14-12(11)15/h5-6,10,13H,4,7-8H2,1-3H3.